The lowest BCUT2D eigenvalue weighted by molar-refractivity contribution is -0.119. The number of benzene rings is 1. The van der Waals surface area contributed by atoms with Gasteiger partial charge in [0.05, 0.1) is 18.2 Å². The number of primary amides is 1. The Bertz CT molecular complexity index is 972. The van der Waals surface area contributed by atoms with Gasteiger partial charge in [-0.2, -0.15) is 0 Å². The molecule has 1 atom stereocenters. The van der Waals surface area contributed by atoms with E-state index in [9.17, 15) is 18.8 Å². The van der Waals surface area contributed by atoms with Gasteiger partial charge in [0, 0.05) is 4.88 Å². The van der Waals surface area contributed by atoms with Crippen molar-refractivity contribution in [1.29, 1.82) is 0 Å². The number of hydrogen-bond donors (Lipinski definition) is 2. The molecule has 3 rings (SSSR count). The molecule has 1 heterocycles. The zero-order chi connectivity index (χ0) is 21.1. The molecule has 0 aliphatic heterocycles. The standard InChI is InChI=1S/C20H21FN2O5S/c1-10-3-5-12-15(7-10)29-19(17(12)18(22)25)23-16(24)9-28-20(26)11-4-6-14(27-2)13(21)8-11/h4,6,8,10H,3,5,7,9H2,1-2H3,(H2,22,25)(H,23,24)/t10-/m0/s1. The molecule has 9 heteroatoms. The van der Waals surface area contributed by atoms with Crippen LogP contribution in [0.25, 0.3) is 0 Å². The predicted octanol–water partition coefficient (Wildman–Crippen LogP) is 2.92. The molecule has 1 aliphatic rings. The summed E-state index contributed by atoms with van der Waals surface area (Å²) in [6.45, 7) is 1.55. The third-order valence-corrected chi connectivity index (χ3v) is 5.90. The molecule has 3 N–H and O–H groups in total. The largest absolute Gasteiger partial charge is 0.494 e. The fraction of sp³-hybridized carbons (Fsp3) is 0.350. The molecule has 0 saturated heterocycles. The van der Waals surface area contributed by atoms with Crippen LogP contribution in [0.3, 0.4) is 0 Å². The van der Waals surface area contributed by atoms with Crippen molar-refractivity contribution in [3.05, 3.63) is 45.6 Å². The first-order chi connectivity index (χ1) is 13.8. The average Bonchev–Trinajstić information content (AvgIpc) is 3.02. The lowest BCUT2D eigenvalue weighted by atomic mass is 9.88. The van der Waals surface area contributed by atoms with Crippen molar-refractivity contribution in [1.82, 2.24) is 0 Å². The summed E-state index contributed by atoms with van der Waals surface area (Å²) in [6.07, 6.45) is 2.51. The molecule has 0 saturated carbocycles. The lowest BCUT2D eigenvalue weighted by Crippen LogP contribution is -2.23. The Labute approximate surface area is 171 Å². The van der Waals surface area contributed by atoms with E-state index in [0.29, 0.717) is 16.5 Å². The first kappa shape index (κ1) is 20.8. The van der Waals surface area contributed by atoms with Gasteiger partial charge in [0.1, 0.15) is 5.00 Å². The fourth-order valence-electron chi connectivity index (χ4n) is 3.27. The highest BCUT2D eigenvalue weighted by Gasteiger charge is 2.27. The smallest absolute Gasteiger partial charge is 0.338 e. The monoisotopic (exact) mass is 420 g/mol. The number of carbonyl (C=O) groups excluding carboxylic acids is 3. The van der Waals surface area contributed by atoms with Gasteiger partial charge in [-0.05, 0) is 48.9 Å². The molecule has 1 aromatic heterocycles. The maximum Gasteiger partial charge on any atom is 0.338 e. The normalized spacial score (nSPS) is 15.3. The molecule has 2 aromatic rings. The van der Waals surface area contributed by atoms with E-state index in [1.54, 1.807) is 0 Å². The topological polar surface area (TPSA) is 108 Å². The highest BCUT2D eigenvalue weighted by atomic mass is 32.1. The number of halogens is 1. The summed E-state index contributed by atoms with van der Waals surface area (Å²) < 4.78 is 23.4. The number of thiophene rings is 1. The van der Waals surface area contributed by atoms with Gasteiger partial charge in [-0.15, -0.1) is 11.3 Å². The summed E-state index contributed by atoms with van der Waals surface area (Å²) in [5.41, 5.74) is 6.69. The van der Waals surface area contributed by atoms with Crippen LogP contribution in [0.2, 0.25) is 0 Å². The third-order valence-electron chi connectivity index (χ3n) is 4.73. The van der Waals surface area contributed by atoms with Crippen LogP contribution in [0.1, 0.15) is 44.5 Å². The van der Waals surface area contributed by atoms with Gasteiger partial charge in [-0.25, -0.2) is 9.18 Å². The van der Waals surface area contributed by atoms with E-state index in [0.717, 1.165) is 35.8 Å². The van der Waals surface area contributed by atoms with E-state index in [-0.39, 0.29) is 11.3 Å². The van der Waals surface area contributed by atoms with E-state index < -0.39 is 30.2 Å². The maximum absolute atomic E-state index is 13.7. The average molecular weight is 420 g/mol. The Morgan fingerprint density at radius 2 is 2.10 bits per heavy atom. The minimum absolute atomic E-state index is 0.00532. The molecule has 0 radical (unpaired) electrons. The minimum Gasteiger partial charge on any atom is -0.494 e. The van der Waals surface area contributed by atoms with Gasteiger partial charge in [0.15, 0.2) is 18.2 Å². The zero-order valence-corrected chi connectivity index (χ0v) is 16.9. The van der Waals surface area contributed by atoms with Crippen LogP contribution in [0.4, 0.5) is 9.39 Å². The van der Waals surface area contributed by atoms with Crippen LogP contribution in [0.15, 0.2) is 18.2 Å². The molecule has 29 heavy (non-hydrogen) atoms. The lowest BCUT2D eigenvalue weighted by Gasteiger charge is -2.18. The number of fused-ring (bicyclic) bond motifs is 1. The molecule has 7 nitrogen and oxygen atoms in total. The molecule has 0 bridgehead atoms. The molecule has 0 spiro atoms. The number of carbonyl (C=O) groups is 3. The number of hydrogen-bond acceptors (Lipinski definition) is 6. The summed E-state index contributed by atoms with van der Waals surface area (Å²) in [7, 11) is 1.31. The highest BCUT2D eigenvalue weighted by Crippen LogP contribution is 2.39. The van der Waals surface area contributed by atoms with Crippen LogP contribution < -0.4 is 15.8 Å². The minimum atomic E-state index is -0.851. The Balaban J connectivity index is 1.66. The van der Waals surface area contributed by atoms with E-state index in [2.05, 4.69) is 12.2 Å². The van der Waals surface area contributed by atoms with Crippen molar-refractivity contribution in [3.8, 4) is 5.75 Å². The van der Waals surface area contributed by atoms with E-state index in [4.69, 9.17) is 15.2 Å². The summed E-state index contributed by atoms with van der Waals surface area (Å²) in [5.74, 6) is -2.28. The summed E-state index contributed by atoms with van der Waals surface area (Å²) in [4.78, 5) is 37.2. The first-order valence-electron chi connectivity index (χ1n) is 9.05. The van der Waals surface area contributed by atoms with Gasteiger partial charge in [0.2, 0.25) is 0 Å². The number of amides is 2. The van der Waals surface area contributed by atoms with E-state index in [1.807, 2.05) is 0 Å². The van der Waals surface area contributed by atoms with Crippen molar-refractivity contribution < 1.29 is 28.2 Å². The molecule has 1 aromatic carbocycles. The number of esters is 1. The number of nitrogens with one attached hydrogen (secondary N) is 1. The Morgan fingerprint density at radius 3 is 2.76 bits per heavy atom. The summed E-state index contributed by atoms with van der Waals surface area (Å²) >= 11 is 1.32. The number of anilines is 1. The van der Waals surface area contributed by atoms with Crippen molar-refractivity contribution in [2.24, 2.45) is 11.7 Å². The highest BCUT2D eigenvalue weighted by molar-refractivity contribution is 7.17. The second kappa shape index (κ2) is 8.60. The molecule has 0 fully saturated rings. The Hall–Kier alpha value is -2.94. The predicted molar refractivity (Wildman–Crippen MR) is 106 cm³/mol. The number of rotatable bonds is 6. The Morgan fingerprint density at radius 1 is 1.34 bits per heavy atom. The molecule has 1 aliphatic carbocycles. The quantitative estimate of drug-likeness (QED) is 0.699. The van der Waals surface area contributed by atoms with Crippen LogP contribution in [-0.2, 0) is 22.4 Å². The molecular weight excluding hydrogens is 399 g/mol. The summed E-state index contributed by atoms with van der Waals surface area (Å²) in [6, 6.07) is 3.60. The number of methoxy groups -OCH3 is 1. The fourth-order valence-corrected chi connectivity index (χ4v) is 4.70. The van der Waals surface area contributed by atoms with Gasteiger partial charge >= 0.3 is 5.97 Å². The van der Waals surface area contributed by atoms with Crippen molar-refractivity contribution >= 4 is 34.1 Å². The second-order valence-electron chi connectivity index (χ2n) is 6.89. The van der Waals surface area contributed by atoms with Crippen LogP contribution in [0.5, 0.6) is 5.75 Å². The molecule has 0 unspecified atom stereocenters. The molecule has 154 valence electrons. The first-order valence-corrected chi connectivity index (χ1v) is 9.86. The van der Waals surface area contributed by atoms with Crippen molar-refractivity contribution in [2.45, 2.75) is 26.2 Å². The van der Waals surface area contributed by atoms with Crippen LogP contribution in [-0.4, -0.2) is 31.5 Å². The SMILES string of the molecule is COc1ccc(C(=O)OCC(=O)Nc2sc3c(c2C(N)=O)CC[C@H](C)C3)cc1F. The zero-order valence-electron chi connectivity index (χ0n) is 16.0. The number of ether oxygens (including phenoxy) is 2. The van der Waals surface area contributed by atoms with Gasteiger partial charge in [0.25, 0.3) is 11.8 Å². The molecular formula is C20H21FN2O5S. The van der Waals surface area contributed by atoms with Crippen molar-refractivity contribution in [2.75, 3.05) is 19.0 Å². The van der Waals surface area contributed by atoms with Crippen LogP contribution in [0, 0.1) is 11.7 Å². The van der Waals surface area contributed by atoms with E-state index in [1.165, 1.54) is 30.6 Å². The number of nitrogens with two attached hydrogens (primary N) is 1. The van der Waals surface area contributed by atoms with Gasteiger partial charge in [-0.3, -0.25) is 9.59 Å². The van der Waals surface area contributed by atoms with Gasteiger partial charge < -0.3 is 20.5 Å². The summed E-state index contributed by atoms with van der Waals surface area (Å²) in [5, 5.41) is 2.98. The van der Waals surface area contributed by atoms with Crippen LogP contribution >= 0.6 is 11.3 Å². The van der Waals surface area contributed by atoms with E-state index >= 15 is 0 Å². The van der Waals surface area contributed by atoms with Crippen molar-refractivity contribution in [3.63, 3.8) is 0 Å². The maximum atomic E-state index is 13.7. The molecule has 2 amide bonds. The Kier molecular flexibility index (Phi) is 6.17. The second-order valence-corrected chi connectivity index (χ2v) is 8.00. The third kappa shape index (κ3) is 4.56. The van der Waals surface area contributed by atoms with Gasteiger partial charge in [-0.1, -0.05) is 6.92 Å².